The normalized spacial score (nSPS) is 11.0. The minimum Gasteiger partial charge on any atom is -0.0961 e. The molecule has 0 N–H and O–H groups in total. The molecule has 0 saturated heterocycles. The SMILES string of the molecule is C=C(C)/C=C\C(=C/C)c1ccc(Br)cc1.CC. The summed E-state index contributed by atoms with van der Waals surface area (Å²) < 4.78 is 1.10. The average Bonchev–Trinajstić information content (AvgIpc) is 2.34. The number of hydrogen-bond acceptors (Lipinski definition) is 0. The van der Waals surface area contributed by atoms with E-state index < -0.39 is 0 Å². The lowest BCUT2D eigenvalue weighted by molar-refractivity contribution is 1.50. The van der Waals surface area contributed by atoms with Crippen LogP contribution >= 0.6 is 15.9 Å². The van der Waals surface area contributed by atoms with Crippen LogP contribution in [0.3, 0.4) is 0 Å². The highest BCUT2D eigenvalue weighted by Crippen LogP contribution is 2.19. The van der Waals surface area contributed by atoms with Crippen LogP contribution in [0, 0.1) is 0 Å². The second-order valence-corrected chi connectivity index (χ2v) is 4.35. The first-order valence-corrected chi connectivity index (χ1v) is 6.68. The highest BCUT2D eigenvalue weighted by Gasteiger charge is 1.95. The lowest BCUT2D eigenvalue weighted by Crippen LogP contribution is -1.80. The molecule has 1 heteroatoms. The van der Waals surface area contributed by atoms with Crippen molar-refractivity contribution in [2.45, 2.75) is 27.7 Å². The molecular formula is C16H21Br. The Morgan fingerprint density at radius 3 is 2.06 bits per heavy atom. The quantitative estimate of drug-likeness (QED) is 0.598. The topological polar surface area (TPSA) is 0 Å². The van der Waals surface area contributed by atoms with Gasteiger partial charge in [-0.05, 0) is 37.1 Å². The van der Waals surface area contributed by atoms with Crippen LogP contribution in [0.4, 0.5) is 0 Å². The second-order valence-electron chi connectivity index (χ2n) is 3.43. The molecule has 0 aliphatic carbocycles. The van der Waals surface area contributed by atoms with Gasteiger partial charge >= 0.3 is 0 Å². The molecule has 92 valence electrons. The molecule has 0 fully saturated rings. The zero-order valence-electron chi connectivity index (χ0n) is 11.1. The summed E-state index contributed by atoms with van der Waals surface area (Å²) in [6, 6.07) is 8.30. The van der Waals surface area contributed by atoms with Gasteiger partial charge in [0.05, 0.1) is 0 Å². The van der Waals surface area contributed by atoms with Crippen LogP contribution in [0.2, 0.25) is 0 Å². The average molecular weight is 293 g/mol. The Balaban J connectivity index is 0.00000121. The smallest absolute Gasteiger partial charge is 0.0175 e. The third kappa shape index (κ3) is 6.28. The van der Waals surface area contributed by atoms with Gasteiger partial charge in [0.1, 0.15) is 0 Å². The Bertz CT molecular complexity index is 394. The van der Waals surface area contributed by atoms with Gasteiger partial charge in [-0.15, -0.1) is 0 Å². The molecule has 0 aromatic heterocycles. The van der Waals surface area contributed by atoms with Gasteiger partial charge in [-0.2, -0.15) is 0 Å². The molecule has 0 aliphatic heterocycles. The summed E-state index contributed by atoms with van der Waals surface area (Å²) in [6.45, 7) is 11.9. The van der Waals surface area contributed by atoms with Crippen molar-refractivity contribution in [2.24, 2.45) is 0 Å². The monoisotopic (exact) mass is 292 g/mol. The lowest BCUT2D eigenvalue weighted by Gasteiger charge is -2.02. The highest BCUT2D eigenvalue weighted by atomic mass is 79.9. The standard InChI is InChI=1S/C14H15Br.C2H6/c1-4-12(6-5-11(2)3)13-7-9-14(15)10-8-13;1-2/h4-10H,2H2,1,3H3;1-2H3/b6-5-,12-4+;. The Kier molecular flexibility index (Phi) is 8.43. The largest absolute Gasteiger partial charge is 0.0961 e. The van der Waals surface area contributed by atoms with Crippen molar-refractivity contribution in [3.63, 3.8) is 0 Å². The summed E-state index contributed by atoms with van der Waals surface area (Å²) in [6.07, 6.45) is 6.21. The Morgan fingerprint density at radius 2 is 1.65 bits per heavy atom. The minimum absolute atomic E-state index is 1.06. The molecule has 1 aromatic rings. The fraction of sp³-hybridized carbons (Fsp3) is 0.250. The number of benzene rings is 1. The molecule has 0 bridgehead atoms. The molecule has 0 atom stereocenters. The molecule has 1 rings (SSSR count). The van der Waals surface area contributed by atoms with Crippen molar-refractivity contribution in [1.29, 1.82) is 0 Å². The number of halogens is 1. The maximum atomic E-state index is 3.85. The van der Waals surface area contributed by atoms with Crippen LogP contribution in [-0.4, -0.2) is 0 Å². The van der Waals surface area contributed by atoms with E-state index in [1.165, 1.54) is 11.1 Å². The van der Waals surface area contributed by atoms with E-state index in [1.807, 2.05) is 45.9 Å². The van der Waals surface area contributed by atoms with Gasteiger partial charge < -0.3 is 0 Å². The van der Waals surface area contributed by atoms with Crippen LogP contribution < -0.4 is 0 Å². The Labute approximate surface area is 114 Å². The summed E-state index contributed by atoms with van der Waals surface area (Å²) in [5.41, 5.74) is 3.50. The summed E-state index contributed by atoms with van der Waals surface area (Å²) in [7, 11) is 0. The first-order chi connectivity index (χ1) is 8.13. The van der Waals surface area contributed by atoms with Crippen LogP contribution in [-0.2, 0) is 0 Å². The van der Waals surface area contributed by atoms with E-state index in [0.29, 0.717) is 0 Å². The highest BCUT2D eigenvalue weighted by molar-refractivity contribution is 9.10. The van der Waals surface area contributed by atoms with E-state index in [2.05, 4.69) is 46.8 Å². The van der Waals surface area contributed by atoms with Gasteiger partial charge in [-0.3, -0.25) is 0 Å². The molecule has 0 aliphatic rings. The van der Waals surface area contributed by atoms with Gasteiger partial charge in [0.25, 0.3) is 0 Å². The fourth-order valence-electron chi connectivity index (χ4n) is 1.23. The summed E-state index contributed by atoms with van der Waals surface area (Å²) in [5, 5.41) is 0. The van der Waals surface area contributed by atoms with Crippen LogP contribution in [0.25, 0.3) is 5.57 Å². The number of allylic oxidation sites excluding steroid dienone is 5. The molecule has 0 unspecified atom stereocenters. The van der Waals surface area contributed by atoms with Gasteiger partial charge in [-0.1, -0.05) is 72.3 Å². The summed E-state index contributed by atoms with van der Waals surface area (Å²) in [5.74, 6) is 0. The number of rotatable bonds is 3. The summed E-state index contributed by atoms with van der Waals surface area (Å²) >= 11 is 3.43. The van der Waals surface area contributed by atoms with E-state index in [1.54, 1.807) is 0 Å². The molecule has 0 saturated carbocycles. The van der Waals surface area contributed by atoms with Crippen molar-refractivity contribution in [2.75, 3.05) is 0 Å². The molecule has 0 radical (unpaired) electrons. The van der Waals surface area contributed by atoms with Crippen molar-refractivity contribution in [3.05, 3.63) is 64.7 Å². The van der Waals surface area contributed by atoms with E-state index in [4.69, 9.17) is 0 Å². The van der Waals surface area contributed by atoms with Crippen molar-refractivity contribution >= 4 is 21.5 Å². The predicted molar refractivity (Wildman–Crippen MR) is 83.1 cm³/mol. The van der Waals surface area contributed by atoms with E-state index >= 15 is 0 Å². The van der Waals surface area contributed by atoms with Gasteiger partial charge in [0, 0.05) is 4.47 Å². The molecule has 0 nitrogen and oxygen atoms in total. The molecule has 17 heavy (non-hydrogen) atoms. The van der Waals surface area contributed by atoms with Crippen LogP contribution in [0.5, 0.6) is 0 Å². The maximum Gasteiger partial charge on any atom is 0.0175 e. The molecule has 0 amide bonds. The second kappa shape index (κ2) is 9.00. The fourth-order valence-corrected chi connectivity index (χ4v) is 1.50. The lowest BCUT2D eigenvalue weighted by atomic mass is 10.0. The molecule has 1 aromatic carbocycles. The van der Waals surface area contributed by atoms with Crippen molar-refractivity contribution in [1.82, 2.24) is 0 Å². The van der Waals surface area contributed by atoms with Crippen LogP contribution in [0.1, 0.15) is 33.3 Å². The van der Waals surface area contributed by atoms with Crippen molar-refractivity contribution in [3.8, 4) is 0 Å². The van der Waals surface area contributed by atoms with E-state index in [-0.39, 0.29) is 0 Å². The third-order valence-electron chi connectivity index (χ3n) is 2.04. The minimum atomic E-state index is 1.06. The zero-order valence-corrected chi connectivity index (χ0v) is 12.7. The Morgan fingerprint density at radius 1 is 1.12 bits per heavy atom. The molecular weight excluding hydrogens is 272 g/mol. The first kappa shape index (κ1) is 15.9. The van der Waals surface area contributed by atoms with Gasteiger partial charge in [-0.25, -0.2) is 0 Å². The Hall–Kier alpha value is -1.08. The van der Waals surface area contributed by atoms with E-state index in [9.17, 15) is 0 Å². The zero-order chi connectivity index (χ0) is 13.3. The van der Waals surface area contributed by atoms with E-state index in [0.717, 1.165) is 10.0 Å². The molecule has 0 spiro atoms. The summed E-state index contributed by atoms with van der Waals surface area (Å²) in [4.78, 5) is 0. The third-order valence-corrected chi connectivity index (χ3v) is 2.56. The maximum absolute atomic E-state index is 3.85. The first-order valence-electron chi connectivity index (χ1n) is 5.89. The van der Waals surface area contributed by atoms with Gasteiger partial charge in [0.15, 0.2) is 0 Å². The van der Waals surface area contributed by atoms with Gasteiger partial charge in [0.2, 0.25) is 0 Å². The number of hydrogen-bond donors (Lipinski definition) is 0. The molecule has 0 heterocycles. The predicted octanol–water partition coefficient (Wildman–Crippen LogP) is 6.01. The van der Waals surface area contributed by atoms with Crippen LogP contribution in [0.15, 0.2) is 59.1 Å². The van der Waals surface area contributed by atoms with Crippen molar-refractivity contribution < 1.29 is 0 Å².